The SMILES string of the molecule is CC(C)NC1C2CCC(CC2)C1(O)c1cccc(C(F)(F)F)c1. The standard InChI is InChI=1S/C18H24F3NO/c1-11(2)22-16-12-6-8-13(9-7-12)17(16,23)14-4-3-5-15(10-14)18(19,20)21/h3-5,10-13,16,22-23H,6-9H2,1-2H3. The maximum absolute atomic E-state index is 13.1. The van der Waals surface area contributed by atoms with Crippen molar-refractivity contribution < 1.29 is 18.3 Å². The zero-order valence-electron chi connectivity index (χ0n) is 13.5. The van der Waals surface area contributed by atoms with Crippen LogP contribution in [0.25, 0.3) is 0 Å². The van der Waals surface area contributed by atoms with Gasteiger partial charge in [-0.3, -0.25) is 0 Å². The second kappa shape index (κ2) is 5.78. The molecule has 2 atom stereocenters. The molecule has 5 heteroatoms. The van der Waals surface area contributed by atoms with Crippen LogP contribution in [0.5, 0.6) is 0 Å². The summed E-state index contributed by atoms with van der Waals surface area (Å²) < 4.78 is 39.2. The average molecular weight is 327 g/mol. The van der Waals surface area contributed by atoms with E-state index in [1.807, 2.05) is 13.8 Å². The second-order valence-electron chi connectivity index (χ2n) is 7.31. The highest BCUT2D eigenvalue weighted by Gasteiger charge is 2.54. The van der Waals surface area contributed by atoms with E-state index in [-0.39, 0.29) is 18.0 Å². The van der Waals surface area contributed by atoms with Gasteiger partial charge in [-0.05, 0) is 55.2 Å². The summed E-state index contributed by atoms with van der Waals surface area (Å²) in [5.74, 6) is 0.342. The zero-order valence-corrected chi connectivity index (χ0v) is 13.5. The maximum Gasteiger partial charge on any atom is 0.416 e. The molecule has 0 aliphatic heterocycles. The molecule has 0 aromatic heterocycles. The first-order chi connectivity index (χ1) is 10.7. The third-order valence-corrected chi connectivity index (χ3v) is 5.51. The first-order valence-corrected chi connectivity index (χ1v) is 8.39. The van der Waals surface area contributed by atoms with Gasteiger partial charge in [0, 0.05) is 12.1 Å². The Bertz CT molecular complexity index is 564. The molecule has 3 saturated carbocycles. The van der Waals surface area contributed by atoms with Gasteiger partial charge in [-0.1, -0.05) is 26.0 Å². The van der Waals surface area contributed by atoms with E-state index >= 15 is 0 Å². The first-order valence-electron chi connectivity index (χ1n) is 8.39. The van der Waals surface area contributed by atoms with Crippen LogP contribution in [-0.2, 0) is 11.8 Å². The summed E-state index contributed by atoms with van der Waals surface area (Å²) in [4.78, 5) is 0. The number of alkyl halides is 3. The lowest BCUT2D eigenvalue weighted by Crippen LogP contribution is -2.63. The molecule has 4 rings (SSSR count). The molecule has 3 aliphatic carbocycles. The molecule has 2 bridgehead atoms. The Balaban J connectivity index is 2.03. The fourth-order valence-electron chi connectivity index (χ4n) is 4.49. The largest absolute Gasteiger partial charge is 0.416 e. The molecule has 3 fully saturated rings. The van der Waals surface area contributed by atoms with Crippen LogP contribution >= 0.6 is 0 Å². The van der Waals surface area contributed by atoms with Gasteiger partial charge in [0.1, 0.15) is 5.60 Å². The van der Waals surface area contributed by atoms with Crippen LogP contribution in [0.1, 0.15) is 50.7 Å². The van der Waals surface area contributed by atoms with Crippen molar-refractivity contribution in [2.75, 3.05) is 0 Å². The fraction of sp³-hybridized carbons (Fsp3) is 0.667. The van der Waals surface area contributed by atoms with Crippen molar-refractivity contribution in [2.24, 2.45) is 11.8 Å². The van der Waals surface area contributed by atoms with Crippen molar-refractivity contribution in [1.29, 1.82) is 0 Å². The fourth-order valence-corrected chi connectivity index (χ4v) is 4.49. The van der Waals surface area contributed by atoms with Crippen molar-refractivity contribution >= 4 is 0 Å². The van der Waals surface area contributed by atoms with Gasteiger partial charge in [-0.2, -0.15) is 13.2 Å². The maximum atomic E-state index is 13.1. The monoisotopic (exact) mass is 327 g/mol. The molecule has 1 aromatic carbocycles. The minimum Gasteiger partial charge on any atom is -0.383 e. The molecule has 2 N–H and O–H groups in total. The summed E-state index contributed by atoms with van der Waals surface area (Å²) in [7, 11) is 0. The number of nitrogens with one attached hydrogen (secondary N) is 1. The molecule has 0 radical (unpaired) electrons. The van der Waals surface area contributed by atoms with Gasteiger partial charge in [0.2, 0.25) is 0 Å². The quantitative estimate of drug-likeness (QED) is 0.877. The molecule has 0 heterocycles. The third-order valence-electron chi connectivity index (χ3n) is 5.51. The average Bonchev–Trinajstić information content (AvgIpc) is 2.50. The van der Waals surface area contributed by atoms with Gasteiger partial charge in [0.05, 0.1) is 5.56 Å². The van der Waals surface area contributed by atoms with E-state index in [2.05, 4.69) is 5.32 Å². The van der Waals surface area contributed by atoms with Crippen molar-refractivity contribution in [1.82, 2.24) is 5.32 Å². The molecule has 23 heavy (non-hydrogen) atoms. The predicted molar refractivity (Wildman–Crippen MR) is 82.8 cm³/mol. The van der Waals surface area contributed by atoms with Crippen molar-refractivity contribution in [3.63, 3.8) is 0 Å². The van der Waals surface area contributed by atoms with Crippen molar-refractivity contribution in [3.05, 3.63) is 35.4 Å². The number of benzene rings is 1. The van der Waals surface area contributed by atoms with Gasteiger partial charge in [-0.25, -0.2) is 0 Å². The smallest absolute Gasteiger partial charge is 0.383 e. The van der Waals surface area contributed by atoms with Crippen LogP contribution in [0.4, 0.5) is 13.2 Å². The van der Waals surface area contributed by atoms with Crippen LogP contribution in [0.2, 0.25) is 0 Å². The topological polar surface area (TPSA) is 32.3 Å². The Morgan fingerprint density at radius 2 is 1.83 bits per heavy atom. The number of rotatable bonds is 3. The normalized spacial score (nSPS) is 34.1. The summed E-state index contributed by atoms with van der Waals surface area (Å²) >= 11 is 0. The Morgan fingerprint density at radius 3 is 2.39 bits per heavy atom. The molecule has 0 spiro atoms. The van der Waals surface area contributed by atoms with E-state index in [0.29, 0.717) is 11.5 Å². The van der Waals surface area contributed by atoms with Gasteiger partial charge in [0.25, 0.3) is 0 Å². The van der Waals surface area contributed by atoms with E-state index in [9.17, 15) is 18.3 Å². The Hall–Kier alpha value is -1.07. The van der Waals surface area contributed by atoms with Gasteiger partial charge < -0.3 is 10.4 Å². The molecular formula is C18H24F3NO. The van der Waals surface area contributed by atoms with E-state index in [4.69, 9.17) is 0 Å². The minimum atomic E-state index is -4.39. The molecule has 0 saturated heterocycles. The first kappa shape index (κ1) is 16.8. The van der Waals surface area contributed by atoms with Crippen molar-refractivity contribution in [3.8, 4) is 0 Å². The van der Waals surface area contributed by atoms with Crippen LogP contribution in [0.3, 0.4) is 0 Å². The van der Waals surface area contributed by atoms with Crippen molar-refractivity contribution in [2.45, 2.75) is 63.4 Å². The molecule has 1 aromatic rings. The highest BCUT2D eigenvalue weighted by atomic mass is 19.4. The number of hydrogen-bond donors (Lipinski definition) is 2. The van der Waals surface area contributed by atoms with E-state index in [1.54, 1.807) is 6.07 Å². The number of halogens is 3. The lowest BCUT2D eigenvalue weighted by atomic mass is 9.57. The highest BCUT2D eigenvalue weighted by molar-refractivity contribution is 5.33. The predicted octanol–water partition coefficient (Wildman–Crippen LogP) is 4.08. The van der Waals surface area contributed by atoms with Crippen LogP contribution in [0.15, 0.2) is 24.3 Å². The molecular weight excluding hydrogens is 303 g/mol. The van der Waals surface area contributed by atoms with Gasteiger partial charge in [0.15, 0.2) is 0 Å². The van der Waals surface area contributed by atoms with Gasteiger partial charge in [-0.15, -0.1) is 0 Å². The van der Waals surface area contributed by atoms with E-state index in [1.165, 1.54) is 6.07 Å². The number of hydrogen-bond acceptors (Lipinski definition) is 2. The molecule has 128 valence electrons. The number of fused-ring (bicyclic) bond motifs is 3. The lowest BCUT2D eigenvalue weighted by Gasteiger charge is -2.55. The highest BCUT2D eigenvalue weighted by Crippen LogP contribution is 2.53. The van der Waals surface area contributed by atoms with Gasteiger partial charge >= 0.3 is 6.18 Å². The Labute approximate surface area is 135 Å². The summed E-state index contributed by atoms with van der Waals surface area (Å²) in [5, 5.41) is 14.9. The van der Waals surface area contributed by atoms with Crippen LogP contribution < -0.4 is 5.32 Å². The van der Waals surface area contributed by atoms with Crippen LogP contribution in [0, 0.1) is 11.8 Å². The Morgan fingerprint density at radius 1 is 1.17 bits per heavy atom. The second-order valence-corrected chi connectivity index (χ2v) is 7.31. The molecule has 0 amide bonds. The minimum absolute atomic E-state index is 0.0206. The summed E-state index contributed by atoms with van der Waals surface area (Å²) in [5.41, 5.74) is -1.50. The summed E-state index contributed by atoms with van der Waals surface area (Å²) in [6.07, 6.45) is -0.547. The third kappa shape index (κ3) is 2.89. The Kier molecular flexibility index (Phi) is 4.21. The lowest BCUT2D eigenvalue weighted by molar-refractivity contribution is -0.141. The van der Waals surface area contributed by atoms with Crippen LogP contribution in [-0.4, -0.2) is 17.2 Å². The summed E-state index contributed by atoms with van der Waals surface area (Å²) in [6.45, 7) is 4.02. The number of aliphatic hydroxyl groups is 1. The summed E-state index contributed by atoms with van der Waals surface area (Å²) in [6, 6.07) is 5.25. The van der Waals surface area contributed by atoms with E-state index < -0.39 is 17.3 Å². The van der Waals surface area contributed by atoms with E-state index in [0.717, 1.165) is 37.8 Å². The molecule has 3 aliphatic rings. The molecule has 2 nitrogen and oxygen atoms in total. The molecule has 2 unspecified atom stereocenters. The zero-order chi connectivity index (χ0) is 16.8.